The third-order valence-electron chi connectivity index (χ3n) is 1.57. The molecule has 0 unspecified atom stereocenters. The van der Waals surface area contributed by atoms with Gasteiger partial charge >= 0.3 is 0 Å². The van der Waals surface area contributed by atoms with Gasteiger partial charge in [0.25, 0.3) is 0 Å². The van der Waals surface area contributed by atoms with Crippen LogP contribution in [0.2, 0.25) is 0 Å². The highest BCUT2D eigenvalue weighted by Crippen LogP contribution is 2.13. The van der Waals surface area contributed by atoms with Crippen molar-refractivity contribution in [2.45, 2.75) is 0 Å². The van der Waals surface area contributed by atoms with Crippen molar-refractivity contribution in [3.05, 3.63) is 40.0 Å². The van der Waals surface area contributed by atoms with Crippen molar-refractivity contribution >= 4 is 5.69 Å². The molecule has 0 saturated heterocycles. The van der Waals surface area contributed by atoms with Crippen LogP contribution >= 0.6 is 0 Å². The van der Waals surface area contributed by atoms with E-state index in [2.05, 4.69) is 27.3 Å². The maximum Gasteiger partial charge on any atom is 0.148 e. The predicted molar refractivity (Wildman–Crippen MR) is 55.1 cm³/mol. The number of azide groups is 1. The van der Waals surface area contributed by atoms with Gasteiger partial charge in [-0.1, -0.05) is 17.0 Å². The largest absolute Gasteiger partial charge is 0.321 e. The molecule has 0 atom stereocenters. The van der Waals surface area contributed by atoms with Crippen molar-refractivity contribution in [1.29, 1.82) is 0 Å². The van der Waals surface area contributed by atoms with E-state index < -0.39 is 5.82 Å². The first kappa shape index (κ1) is 10.9. The minimum atomic E-state index is -0.479. The molecule has 6 heteroatoms. The van der Waals surface area contributed by atoms with Crippen molar-refractivity contribution in [1.82, 2.24) is 0 Å². The Morgan fingerprint density at radius 1 is 1.60 bits per heavy atom. The molecule has 0 aliphatic heterocycles. The Bertz CT molecular complexity index is 453. The molecule has 0 bridgehead atoms. The number of nitrogens with one attached hydrogen (secondary N) is 1. The number of hydrogen-bond acceptors (Lipinski definition) is 3. The fraction of sp³-hybridized carbons (Fsp3) is 0.111. The topological polar surface area (TPSA) is 86.8 Å². The van der Waals surface area contributed by atoms with Gasteiger partial charge in [0.05, 0.1) is 12.2 Å². The zero-order valence-electron chi connectivity index (χ0n) is 7.74. The van der Waals surface area contributed by atoms with Crippen molar-refractivity contribution in [3.63, 3.8) is 0 Å². The first-order valence-corrected chi connectivity index (χ1v) is 4.04. The fourth-order valence-electron chi connectivity index (χ4n) is 0.918. The Balaban J connectivity index is 2.82. The van der Waals surface area contributed by atoms with Crippen LogP contribution in [0.5, 0.6) is 0 Å². The summed E-state index contributed by atoms with van der Waals surface area (Å²) in [6, 6.07) is 4.34. The standard InChI is InChI=1S/C9H8FN5/c10-8-6-7(2-1-5-13-15-12)3-4-9(8)14-11/h3-4,6,14H,5,11H2. The lowest BCUT2D eigenvalue weighted by Gasteiger charge is -2.00. The van der Waals surface area contributed by atoms with Gasteiger partial charge in [-0.3, -0.25) is 5.84 Å². The number of hydrazine groups is 1. The number of benzene rings is 1. The van der Waals surface area contributed by atoms with Gasteiger partial charge in [-0.2, -0.15) is 0 Å². The minimum absolute atomic E-state index is 0.0645. The number of anilines is 1. The Morgan fingerprint density at radius 2 is 2.40 bits per heavy atom. The van der Waals surface area contributed by atoms with Crippen LogP contribution in [0.4, 0.5) is 10.1 Å². The Labute approximate surface area is 85.7 Å². The summed E-state index contributed by atoms with van der Waals surface area (Å²) in [4.78, 5) is 2.53. The van der Waals surface area contributed by atoms with Gasteiger partial charge in [-0.25, -0.2) is 4.39 Å². The normalized spacial score (nSPS) is 8.40. The highest BCUT2D eigenvalue weighted by molar-refractivity contribution is 5.48. The van der Waals surface area contributed by atoms with Gasteiger partial charge in [0, 0.05) is 10.5 Å². The van der Waals surface area contributed by atoms with Crippen LogP contribution < -0.4 is 11.3 Å². The SMILES string of the molecule is [N-]=[N+]=NCC#Cc1ccc(NN)c(F)c1. The van der Waals surface area contributed by atoms with Crippen LogP contribution in [0.1, 0.15) is 5.56 Å². The Kier molecular flexibility index (Phi) is 3.98. The molecular formula is C9H8FN5. The van der Waals surface area contributed by atoms with Crippen LogP contribution in [0.3, 0.4) is 0 Å². The van der Waals surface area contributed by atoms with Crippen LogP contribution in [0.15, 0.2) is 23.3 Å². The van der Waals surface area contributed by atoms with Crippen LogP contribution in [0.25, 0.3) is 10.4 Å². The number of nitrogen functional groups attached to an aromatic ring is 1. The first-order chi connectivity index (χ1) is 7.27. The highest BCUT2D eigenvalue weighted by Gasteiger charge is 1.99. The summed E-state index contributed by atoms with van der Waals surface area (Å²) in [7, 11) is 0. The van der Waals surface area contributed by atoms with E-state index in [-0.39, 0.29) is 12.2 Å². The van der Waals surface area contributed by atoms with Crippen LogP contribution in [-0.2, 0) is 0 Å². The summed E-state index contributed by atoms with van der Waals surface area (Å²) in [5.74, 6) is 9.81. The summed E-state index contributed by atoms with van der Waals surface area (Å²) >= 11 is 0. The highest BCUT2D eigenvalue weighted by atomic mass is 19.1. The molecular weight excluding hydrogens is 197 g/mol. The zero-order valence-corrected chi connectivity index (χ0v) is 7.74. The molecule has 5 nitrogen and oxygen atoms in total. The molecule has 0 aromatic heterocycles. The average molecular weight is 205 g/mol. The van der Waals surface area contributed by atoms with Crippen LogP contribution in [0, 0.1) is 17.7 Å². The molecule has 0 radical (unpaired) electrons. The van der Waals surface area contributed by atoms with Gasteiger partial charge < -0.3 is 5.43 Å². The maximum atomic E-state index is 13.1. The maximum absolute atomic E-state index is 13.1. The fourth-order valence-corrected chi connectivity index (χ4v) is 0.918. The molecule has 0 heterocycles. The molecule has 0 aliphatic rings. The monoisotopic (exact) mass is 205 g/mol. The minimum Gasteiger partial charge on any atom is -0.321 e. The van der Waals surface area contributed by atoms with E-state index in [0.717, 1.165) is 0 Å². The Hall–Kier alpha value is -2.22. The molecule has 0 spiro atoms. The molecule has 0 amide bonds. The quantitative estimate of drug-likeness (QED) is 0.192. The van der Waals surface area contributed by atoms with E-state index >= 15 is 0 Å². The van der Waals surface area contributed by atoms with E-state index in [1.165, 1.54) is 12.1 Å². The van der Waals surface area contributed by atoms with E-state index in [9.17, 15) is 4.39 Å². The molecule has 76 valence electrons. The zero-order chi connectivity index (χ0) is 11.1. The van der Waals surface area contributed by atoms with Crippen molar-refractivity contribution in [3.8, 4) is 11.8 Å². The molecule has 0 fully saturated rings. The number of rotatable bonds is 2. The summed E-state index contributed by atoms with van der Waals surface area (Å²) in [5, 5.41) is 3.22. The summed E-state index contributed by atoms with van der Waals surface area (Å²) in [5.41, 5.74) is 10.9. The van der Waals surface area contributed by atoms with Crippen molar-refractivity contribution in [2.75, 3.05) is 12.0 Å². The number of halogens is 1. The second-order valence-electron chi connectivity index (χ2n) is 2.53. The van der Waals surface area contributed by atoms with E-state index in [4.69, 9.17) is 11.4 Å². The van der Waals surface area contributed by atoms with Gasteiger partial charge in [0.2, 0.25) is 0 Å². The smallest absolute Gasteiger partial charge is 0.148 e. The summed E-state index contributed by atoms with van der Waals surface area (Å²) < 4.78 is 13.1. The molecule has 0 aliphatic carbocycles. The molecule has 0 saturated carbocycles. The first-order valence-electron chi connectivity index (χ1n) is 4.04. The third-order valence-corrected chi connectivity index (χ3v) is 1.57. The summed E-state index contributed by atoms with van der Waals surface area (Å²) in [6.07, 6.45) is 0. The lowest BCUT2D eigenvalue weighted by atomic mass is 10.2. The molecule has 1 aromatic rings. The summed E-state index contributed by atoms with van der Waals surface area (Å²) in [6.45, 7) is 0.0645. The van der Waals surface area contributed by atoms with E-state index in [0.29, 0.717) is 5.56 Å². The number of nitrogens with zero attached hydrogens (tertiary/aromatic N) is 3. The average Bonchev–Trinajstić information content (AvgIpc) is 2.25. The van der Waals surface area contributed by atoms with E-state index in [1.54, 1.807) is 6.07 Å². The predicted octanol–water partition coefficient (Wildman–Crippen LogP) is 1.77. The number of nitrogens with two attached hydrogens (primary N) is 1. The van der Waals surface area contributed by atoms with Gasteiger partial charge in [-0.05, 0) is 23.7 Å². The van der Waals surface area contributed by atoms with Gasteiger partial charge in [-0.15, -0.1) is 0 Å². The number of hydrogen-bond donors (Lipinski definition) is 2. The second kappa shape index (κ2) is 5.50. The molecule has 3 N–H and O–H groups in total. The lowest BCUT2D eigenvalue weighted by Crippen LogP contribution is -2.08. The van der Waals surface area contributed by atoms with E-state index in [1.807, 2.05) is 0 Å². The van der Waals surface area contributed by atoms with Crippen LogP contribution in [-0.4, -0.2) is 6.54 Å². The van der Waals surface area contributed by atoms with Gasteiger partial charge in [0.15, 0.2) is 0 Å². The molecule has 1 aromatic carbocycles. The molecule has 15 heavy (non-hydrogen) atoms. The van der Waals surface area contributed by atoms with Gasteiger partial charge in [0.1, 0.15) is 5.82 Å². The van der Waals surface area contributed by atoms with Crippen molar-refractivity contribution < 1.29 is 4.39 Å². The second-order valence-corrected chi connectivity index (χ2v) is 2.53. The third kappa shape index (κ3) is 3.19. The van der Waals surface area contributed by atoms with Crippen molar-refractivity contribution in [2.24, 2.45) is 11.0 Å². The molecule has 1 rings (SSSR count). The lowest BCUT2D eigenvalue weighted by molar-refractivity contribution is 0.630. The Morgan fingerprint density at radius 3 is 3.00 bits per heavy atom.